The van der Waals surface area contributed by atoms with E-state index < -0.39 is 84.6 Å². The number of ether oxygens (including phenoxy) is 1. The zero-order chi connectivity index (χ0) is 43.5. The topological polar surface area (TPSA) is 384 Å². The first kappa shape index (κ1) is 49.9. The van der Waals surface area contributed by atoms with Gasteiger partial charge in [-0.3, -0.25) is 32.5 Å². The number of aliphatic hydroxyl groups excluding tert-OH is 3. The first-order chi connectivity index (χ1) is 26.9. The molecular weight excluding hydrogens is 859 g/mol. The van der Waals surface area contributed by atoms with Crippen LogP contribution in [-0.2, 0) is 50.7 Å². The first-order valence-corrected chi connectivity index (χ1v) is 23.1. The maximum atomic E-state index is 12.7. The Labute approximate surface area is 336 Å². The van der Waals surface area contributed by atoms with Gasteiger partial charge in [0.25, 0.3) is 0 Å². The van der Waals surface area contributed by atoms with Crippen molar-refractivity contribution in [3.63, 3.8) is 0 Å². The van der Waals surface area contributed by atoms with E-state index >= 15 is 0 Å². The second kappa shape index (κ2) is 21.9. The summed E-state index contributed by atoms with van der Waals surface area (Å²) in [5, 5.41) is 35.6. The molecule has 0 bridgehead atoms. The third kappa shape index (κ3) is 16.2. The number of aliphatic hydroxyl groups is 3. The number of nitrogens with zero attached hydrogens (tertiary/aromatic N) is 4. The molecule has 11 N–H and O–H groups in total. The van der Waals surface area contributed by atoms with Gasteiger partial charge in [-0.2, -0.15) is 4.31 Å². The third-order valence-electron chi connectivity index (χ3n) is 8.27. The number of phosphoric acid groups is 3. The fourth-order valence-electron chi connectivity index (χ4n) is 5.25. The zero-order valence-corrected chi connectivity index (χ0v) is 35.1. The van der Waals surface area contributed by atoms with Gasteiger partial charge in [-0.1, -0.05) is 38.5 Å². The molecule has 0 aromatic carbocycles. The number of rotatable bonds is 25. The summed E-state index contributed by atoms with van der Waals surface area (Å²) in [6.07, 6.45) is -3.87. The molecule has 1 saturated heterocycles. The number of phosphoric ester groups is 3. The number of imidazole rings is 1. The Hall–Kier alpha value is -2.48. The van der Waals surface area contributed by atoms with Gasteiger partial charge in [0, 0.05) is 37.1 Å². The molecule has 29 heteroatoms. The van der Waals surface area contributed by atoms with E-state index in [0.717, 1.165) is 41.8 Å². The highest BCUT2D eigenvalue weighted by Gasteiger charge is 2.50. The van der Waals surface area contributed by atoms with E-state index in [0.29, 0.717) is 25.0 Å². The molecule has 2 aromatic heterocycles. The number of anilines is 1. The number of hydrogen-bond acceptors (Lipinski definition) is 19. The average molecular weight is 910 g/mol. The number of carbonyl (C=O) groups excluding carboxylic acids is 3. The van der Waals surface area contributed by atoms with E-state index in [1.807, 2.05) is 0 Å². The van der Waals surface area contributed by atoms with Crippen LogP contribution in [-0.4, -0.2) is 134 Å². The highest BCUT2D eigenvalue weighted by molar-refractivity contribution is 8.13. The van der Waals surface area contributed by atoms with Gasteiger partial charge in [0.2, 0.25) is 11.8 Å². The summed E-state index contributed by atoms with van der Waals surface area (Å²) in [6.45, 7) is 2.18. The normalized spacial score (nSPS) is 21.9. The Bertz CT molecular complexity index is 1850. The van der Waals surface area contributed by atoms with Gasteiger partial charge in [-0.05, 0) is 19.8 Å². The molecular formula is C29H50N7O18P3S. The van der Waals surface area contributed by atoms with Crippen molar-refractivity contribution in [3.05, 3.63) is 12.7 Å². The van der Waals surface area contributed by atoms with Crippen molar-refractivity contribution in [2.24, 2.45) is 5.41 Å². The van der Waals surface area contributed by atoms with Crippen molar-refractivity contribution < 1.29 is 85.6 Å². The molecule has 1 aliphatic heterocycles. The van der Waals surface area contributed by atoms with Crippen LogP contribution in [0.5, 0.6) is 0 Å². The molecule has 0 aliphatic carbocycles. The van der Waals surface area contributed by atoms with Crippen LogP contribution in [0.2, 0.25) is 0 Å². The van der Waals surface area contributed by atoms with Gasteiger partial charge in [0.1, 0.15) is 36.3 Å². The number of carbonyl (C=O) groups is 3. The number of amides is 2. The number of unbranched alkanes of at least 4 members (excludes halogenated alkanes) is 2. The zero-order valence-electron chi connectivity index (χ0n) is 31.6. The largest absolute Gasteiger partial charge is 0.481 e. The number of nitrogens with one attached hydrogen (secondary N) is 2. The van der Waals surface area contributed by atoms with Gasteiger partial charge in [-0.25, -0.2) is 28.6 Å². The third-order valence-corrected chi connectivity index (χ3v) is 12.3. The SMILES string of the molecule is CC(O)CCCCCC(=O)SCCNC(=O)CCNC(=O)C(O)C(C)(C)COP(=O)(O)OP(=O)(O)OCC1OC(n2cnc3c(N)ncnc32)C(O)C1OP(=O)(O)O. The minimum atomic E-state index is -5.57. The quantitative estimate of drug-likeness (QED) is 0.0463. The van der Waals surface area contributed by atoms with Gasteiger partial charge < -0.3 is 56.0 Å². The predicted molar refractivity (Wildman–Crippen MR) is 202 cm³/mol. The van der Waals surface area contributed by atoms with Crippen LogP contribution < -0.4 is 16.4 Å². The highest BCUT2D eigenvalue weighted by atomic mass is 32.2. The van der Waals surface area contributed by atoms with Crippen molar-refractivity contribution in [1.82, 2.24) is 30.2 Å². The first-order valence-electron chi connectivity index (χ1n) is 17.6. The van der Waals surface area contributed by atoms with Gasteiger partial charge >= 0.3 is 23.5 Å². The minimum absolute atomic E-state index is 0.0109. The second-order valence-corrected chi connectivity index (χ2v) is 19.1. The van der Waals surface area contributed by atoms with E-state index in [1.165, 1.54) is 13.8 Å². The molecule has 25 nitrogen and oxygen atoms in total. The molecule has 0 spiro atoms. The van der Waals surface area contributed by atoms with Crippen LogP contribution in [0.3, 0.4) is 0 Å². The smallest absolute Gasteiger partial charge is 0.393 e. The lowest BCUT2D eigenvalue weighted by atomic mass is 9.87. The molecule has 8 unspecified atom stereocenters. The molecule has 330 valence electrons. The molecule has 8 atom stereocenters. The molecule has 2 aromatic rings. The van der Waals surface area contributed by atoms with E-state index in [4.69, 9.17) is 19.5 Å². The van der Waals surface area contributed by atoms with Crippen molar-refractivity contribution in [2.45, 2.75) is 96.0 Å². The van der Waals surface area contributed by atoms with Crippen LogP contribution in [0, 0.1) is 5.41 Å². The van der Waals surface area contributed by atoms with Gasteiger partial charge in [0.15, 0.2) is 22.8 Å². The van der Waals surface area contributed by atoms with Gasteiger partial charge in [0.05, 0.1) is 25.6 Å². The lowest BCUT2D eigenvalue weighted by Gasteiger charge is -2.30. The summed E-state index contributed by atoms with van der Waals surface area (Å²) in [6, 6.07) is 0. The summed E-state index contributed by atoms with van der Waals surface area (Å²) < 4.78 is 62.1. The molecule has 2 amide bonds. The van der Waals surface area contributed by atoms with Crippen LogP contribution in [0.15, 0.2) is 12.7 Å². The molecule has 0 saturated carbocycles. The summed E-state index contributed by atoms with van der Waals surface area (Å²) in [5.74, 6) is -1.12. The highest BCUT2D eigenvalue weighted by Crippen LogP contribution is 2.61. The van der Waals surface area contributed by atoms with E-state index in [1.54, 1.807) is 6.92 Å². The Morgan fingerprint density at radius 3 is 2.36 bits per heavy atom. The average Bonchev–Trinajstić information content (AvgIpc) is 3.67. The predicted octanol–water partition coefficient (Wildman–Crippen LogP) is -0.00400. The monoisotopic (exact) mass is 909 g/mol. The number of thioether (sulfide) groups is 1. The molecule has 3 heterocycles. The van der Waals surface area contributed by atoms with Crippen molar-refractivity contribution >= 4 is 69.1 Å². The van der Waals surface area contributed by atoms with Crippen LogP contribution in [0.1, 0.15) is 65.5 Å². The number of hydrogen-bond donors (Lipinski definition) is 10. The molecule has 1 aliphatic rings. The molecule has 1 fully saturated rings. The van der Waals surface area contributed by atoms with Crippen LogP contribution in [0.25, 0.3) is 11.2 Å². The number of nitrogens with two attached hydrogens (primary N) is 1. The lowest BCUT2D eigenvalue weighted by molar-refractivity contribution is -0.137. The van der Waals surface area contributed by atoms with Crippen LogP contribution >= 0.6 is 35.2 Å². The van der Waals surface area contributed by atoms with Crippen molar-refractivity contribution in [1.29, 1.82) is 0 Å². The lowest BCUT2D eigenvalue weighted by Crippen LogP contribution is -2.46. The maximum absolute atomic E-state index is 12.7. The van der Waals surface area contributed by atoms with Gasteiger partial charge in [-0.15, -0.1) is 0 Å². The van der Waals surface area contributed by atoms with E-state index in [9.17, 15) is 63.0 Å². The number of nitrogen functional groups attached to an aromatic ring is 1. The molecule has 3 rings (SSSR count). The fraction of sp³-hybridized carbons (Fsp3) is 0.724. The molecule has 0 radical (unpaired) electrons. The second-order valence-electron chi connectivity index (χ2n) is 13.7. The number of fused-ring (bicyclic) bond motifs is 1. The Morgan fingerprint density at radius 1 is 1.00 bits per heavy atom. The van der Waals surface area contributed by atoms with Crippen molar-refractivity contribution in [3.8, 4) is 0 Å². The maximum Gasteiger partial charge on any atom is 0.481 e. The molecule has 58 heavy (non-hydrogen) atoms. The summed E-state index contributed by atoms with van der Waals surface area (Å²) in [7, 11) is -16.4. The van der Waals surface area contributed by atoms with E-state index in [2.05, 4.69) is 34.4 Å². The Kier molecular flexibility index (Phi) is 18.8. The van der Waals surface area contributed by atoms with Crippen LogP contribution in [0.4, 0.5) is 5.82 Å². The standard InChI is InChI=1S/C29H50N7O18P3S/c1-17(37)7-5-4-6-8-20(39)58-12-11-31-19(38)9-10-32-27(42)24(41)29(2,3)14-51-57(48,49)54-56(46,47)50-13-18-23(53-55(43,44)45)22(40)28(52-18)36-16-35-21-25(30)33-15-34-26(21)36/h15-18,22-24,28,37,40-41H,4-14H2,1-3H3,(H,31,38)(H,32,42)(H,46,47)(H,48,49)(H2,30,33,34)(H2,43,44,45). The Balaban J connectivity index is 1.44. The number of aromatic nitrogens is 4. The fourth-order valence-corrected chi connectivity index (χ4v) is 8.80. The van der Waals surface area contributed by atoms with E-state index in [-0.39, 0.29) is 47.7 Å². The summed E-state index contributed by atoms with van der Waals surface area (Å²) >= 11 is 1.09. The van der Waals surface area contributed by atoms with Crippen molar-refractivity contribution in [2.75, 3.05) is 37.8 Å². The minimum Gasteiger partial charge on any atom is -0.393 e. The summed E-state index contributed by atoms with van der Waals surface area (Å²) in [5.41, 5.74) is 4.25. The Morgan fingerprint density at radius 2 is 1.69 bits per heavy atom. The summed E-state index contributed by atoms with van der Waals surface area (Å²) in [4.78, 5) is 87.6.